The van der Waals surface area contributed by atoms with Crippen molar-refractivity contribution in [1.82, 2.24) is 15.2 Å². The SMILES string of the molecule is O=C(CCCSc1n[nH]c(/C=C\c2ccc(F)cc2)n1)c1ccccc1. The summed E-state index contributed by atoms with van der Waals surface area (Å²) in [5.74, 6) is 1.31. The lowest BCUT2D eigenvalue weighted by atomic mass is 10.1. The highest BCUT2D eigenvalue weighted by atomic mass is 32.2. The molecule has 0 amide bonds. The van der Waals surface area contributed by atoms with Gasteiger partial charge in [-0.1, -0.05) is 60.3 Å². The van der Waals surface area contributed by atoms with Gasteiger partial charge in [-0.25, -0.2) is 9.37 Å². The van der Waals surface area contributed by atoms with Gasteiger partial charge in [0.05, 0.1) is 0 Å². The van der Waals surface area contributed by atoms with Gasteiger partial charge in [-0.2, -0.15) is 0 Å². The Balaban J connectivity index is 1.44. The minimum Gasteiger partial charge on any atom is -0.294 e. The Morgan fingerprint density at radius 2 is 1.85 bits per heavy atom. The van der Waals surface area contributed by atoms with Crippen molar-refractivity contribution >= 4 is 29.7 Å². The number of carbonyl (C=O) groups excluding carboxylic acids is 1. The molecule has 1 aromatic heterocycles. The maximum absolute atomic E-state index is 12.9. The van der Waals surface area contributed by atoms with Gasteiger partial charge in [-0.3, -0.25) is 9.89 Å². The van der Waals surface area contributed by atoms with Crippen LogP contribution in [0.1, 0.15) is 34.6 Å². The molecule has 1 N–H and O–H groups in total. The number of hydrogen-bond donors (Lipinski definition) is 1. The van der Waals surface area contributed by atoms with E-state index in [2.05, 4.69) is 15.2 Å². The minimum atomic E-state index is -0.258. The second-order valence-electron chi connectivity index (χ2n) is 5.63. The molecule has 2 aromatic carbocycles. The topological polar surface area (TPSA) is 58.6 Å². The van der Waals surface area contributed by atoms with Crippen LogP contribution in [0.15, 0.2) is 59.8 Å². The summed E-state index contributed by atoms with van der Waals surface area (Å²) in [6.45, 7) is 0. The molecule has 3 rings (SSSR count). The molecular weight excluding hydrogens is 349 g/mol. The van der Waals surface area contributed by atoms with Crippen LogP contribution in [0, 0.1) is 5.82 Å². The van der Waals surface area contributed by atoms with Gasteiger partial charge in [0.2, 0.25) is 5.16 Å². The fourth-order valence-corrected chi connectivity index (χ4v) is 3.06. The summed E-state index contributed by atoms with van der Waals surface area (Å²) in [7, 11) is 0. The molecule has 0 fully saturated rings. The van der Waals surface area contributed by atoms with Crippen molar-refractivity contribution in [3.05, 3.63) is 77.4 Å². The lowest BCUT2D eigenvalue weighted by Crippen LogP contribution is -1.99. The van der Waals surface area contributed by atoms with Crippen LogP contribution in [0.25, 0.3) is 12.2 Å². The number of aromatic nitrogens is 3. The van der Waals surface area contributed by atoms with Gasteiger partial charge in [-0.15, -0.1) is 5.10 Å². The molecule has 4 nitrogen and oxygen atoms in total. The standard InChI is InChI=1S/C20H18FN3OS/c21-17-11-8-15(9-12-17)10-13-19-22-20(24-23-19)26-14-4-7-18(25)16-5-2-1-3-6-16/h1-3,5-6,8-13H,4,7,14H2,(H,22,23,24)/b13-10-. The van der Waals surface area contributed by atoms with Crippen LogP contribution in [-0.4, -0.2) is 26.7 Å². The van der Waals surface area contributed by atoms with Crippen molar-refractivity contribution < 1.29 is 9.18 Å². The summed E-state index contributed by atoms with van der Waals surface area (Å²) < 4.78 is 12.9. The minimum absolute atomic E-state index is 0.157. The molecule has 132 valence electrons. The van der Waals surface area contributed by atoms with Crippen LogP contribution in [0.4, 0.5) is 4.39 Å². The Morgan fingerprint density at radius 1 is 1.08 bits per heavy atom. The molecule has 3 aromatic rings. The van der Waals surface area contributed by atoms with Gasteiger partial charge in [-0.05, 0) is 30.2 Å². The number of hydrogen-bond acceptors (Lipinski definition) is 4. The van der Waals surface area contributed by atoms with Crippen LogP contribution in [0.2, 0.25) is 0 Å². The van der Waals surface area contributed by atoms with Crippen LogP contribution < -0.4 is 0 Å². The van der Waals surface area contributed by atoms with E-state index < -0.39 is 0 Å². The first-order chi connectivity index (χ1) is 12.7. The van der Waals surface area contributed by atoms with Crippen molar-refractivity contribution in [3.63, 3.8) is 0 Å². The molecule has 26 heavy (non-hydrogen) atoms. The van der Waals surface area contributed by atoms with Gasteiger partial charge < -0.3 is 0 Å². The van der Waals surface area contributed by atoms with E-state index >= 15 is 0 Å². The molecule has 6 heteroatoms. The first kappa shape index (κ1) is 18.1. The second-order valence-corrected chi connectivity index (χ2v) is 6.69. The average molecular weight is 367 g/mol. The predicted molar refractivity (Wildman–Crippen MR) is 102 cm³/mol. The van der Waals surface area contributed by atoms with Gasteiger partial charge in [0.1, 0.15) is 11.6 Å². The number of halogens is 1. The van der Waals surface area contributed by atoms with E-state index in [1.807, 2.05) is 36.4 Å². The molecule has 0 bridgehead atoms. The van der Waals surface area contributed by atoms with Crippen LogP contribution >= 0.6 is 11.8 Å². The number of ketones is 1. The molecule has 0 atom stereocenters. The van der Waals surface area contributed by atoms with Crippen molar-refractivity contribution in [2.75, 3.05) is 5.75 Å². The van der Waals surface area contributed by atoms with E-state index in [0.717, 1.165) is 23.3 Å². The zero-order valence-electron chi connectivity index (χ0n) is 14.1. The maximum Gasteiger partial charge on any atom is 0.208 e. The molecule has 0 saturated heterocycles. The van der Waals surface area contributed by atoms with Crippen molar-refractivity contribution in [3.8, 4) is 0 Å². The first-order valence-corrected chi connectivity index (χ1v) is 9.26. The largest absolute Gasteiger partial charge is 0.294 e. The number of aromatic amines is 1. The highest BCUT2D eigenvalue weighted by Gasteiger charge is 2.06. The summed E-state index contributed by atoms with van der Waals surface area (Å²) in [5, 5.41) is 7.65. The number of Topliss-reactive ketones (excluding diaryl/α,β-unsaturated/α-hetero) is 1. The summed E-state index contributed by atoms with van der Waals surface area (Å²) >= 11 is 1.51. The Labute approximate surface area is 155 Å². The van der Waals surface area contributed by atoms with Crippen molar-refractivity contribution in [1.29, 1.82) is 0 Å². The van der Waals surface area contributed by atoms with E-state index in [0.29, 0.717) is 17.4 Å². The monoisotopic (exact) mass is 367 g/mol. The molecule has 0 spiro atoms. The molecule has 0 radical (unpaired) electrons. The number of nitrogens with one attached hydrogen (secondary N) is 1. The third-order valence-electron chi connectivity index (χ3n) is 3.66. The van der Waals surface area contributed by atoms with Crippen LogP contribution in [0.3, 0.4) is 0 Å². The predicted octanol–water partition coefficient (Wildman–Crippen LogP) is 4.87. The fraction of sp³-hybridized carbons (Fsp3) is 0.150. The molecule has 1 heterocycles. The van der Waals surface area contributed by atoms with E-state index in [9.17, 15) is 9.18 Å². The van der Waals surface area contributed by atoms with Gasteiger partial charge in [0.15, 0.2) is 5.78 Å². The maximum atomic E-state index is 12.9. The quantitative estimate of drug-likeness (QED) is 0.351. The Bertz CT molecular complexity index is 876. The normalized spacial score (nSPS) is 11.1. The molecule has 0 aliphatic heterocycles. The third kappa shape index (κ3) is 5.39. The zero-order valence-corrected chi connectivity index (χ0v) is 14.9. The molecule has 0 saturated carbocycles. The fourth-order valence-electron chi connectivity index (χ4n) is 2.31. The van der Waals surface area contributed by atoms with E-state index in [1.54, 1.807) is 18.2 Å². The summed E-state index contributed by atoms with van der Waals surface area (Å²) in [6, 6.07) is 15.5. The Morgan fingerprint density at radius 3 is 2.62 bits per heavy atom. The highest BCUT2D eigenvalue weighted by molar-refractivity contribution is 7.99. The molecule has 0 aliphatic carbocycles. The third-order valence-corrected chi connectivity index (χ3v) is 4.59. The van der Waals surface area contributed by atoms with Crippen molar-refractivity contribution in [2.24, 2.45) is 0 Å². The second kappa shape index (κ2) is 9.10. The molecule has 0 unspecified atom stereocenters. The highest BCUT2D eigenvalue weighted by Crippen LogP contribution is 2.16. The number of H-pyrrole nitrogens is 1. The Hall–Kier alpha value is -2.73. The number of thioether (sulfide) groups is 1. The van der Waals surface area contributed by atoms with Crippen LogP contribution in [0.5, 0.6) is 0 Å². The summed E-state index contributed by atoms with van der Waals surface area (Å²) in [5.41, 5.74) is 1.64. The smallest absolute Gasteiger partial charge is 0.208 e. The molecule has 0 aliphatic rings. The van der Waals surface area contributed by atoms with Gasteiger partial charge >= 0.3 is 0 Å². The van der Waals surface area contributed by atoms with Crippen molar-refractivity contribution in [2.45, 2.75) is 18.0 Å². The zero-order chi connectivity index (χ0) is 18.2. The lowest BCUT2D eigenvalue weighted by Gasteiger charge is -1.99. The Kier molecular flexibility index (Phi) is 6.33. The summed E-state index contributed by atoms with van der Waals surface area (Å²) in [4.78, 5) is 16.4. The first-order valence-electron chi connectivity index (χ1n) is 8.28. The van der Waals surface area contributed by atoms with Gasteiger partial charge in [0.25, 0.3) is 0 Å². The number of nitrogens with zero attached hydrogens (tertiary/aromatic N) is 2. The van der Waals surface area contributed by atoms with Gasteiger partial charge in [0, 0.05) is 17.7 Å². The van der Waals surface area contributed by atoms with E-state index in [1.165, 1.54) is 23.9 Å². The average Bonchev–Trinajstić information content (AvgIpc) is 3.13. The van der Waals surface area contributed by atoms with E-state index in [-0.39, 0.29) is 11.6 Å². The number of benzene rings is 2. The number of carbonyl (C=O) groups is 1. The van der Waals surface area contributed by atoms with Crippen LogP contribution in [-0.2, 0) is 0 Å². The lowest BCUT2D eigenvalue weighted by molar-refractivity contribution is 0.0982. The van der Waals surface area contributed by atoms with E-state index in [4.69, 9.17) is 0 Å². The number of rotatable bonds is 8. The molecular formula is C20H18FN3OS. The summed E-state index contributed by atoms with van der Waals surface area (Å²) in [6.07, 6.45) is 4.92.